The molecule has 0 aliphatic carbocycles. The first-order valence-electron chi connectivity index (χ1n) is 12.7. The number of amides is 2. The van der Waals surface area contributed by atoms with Crippen LogP contribution < -0.4 is 14.8 Å². The minimum absolute atomic E-state index is 0.0496. The average Bonchev–Trinajstić information content (AvgIpc) is 3.27. The number of hydrogen-bond donors (Lipinski definition) is 2. The zero-order chi connectivity index (χ0) is 26.7. The van der Waals surface area contributed by atoms with Gasteiger partial charge in [0.2, 0.25) is 11.8 Å². The van der Waals surface area contributed by atoms with Crippen LogP contribution >= 0.6 is 0 Å². The van der Waals surface area contributed by atoms with Crippen molar-refractivity contribution in [2.75, 3.05) is 20.3 Å². The number of cyclic esters (lactones) is 1. The first kappa shape index (κ1) is 26.5. The van der Waals surface area contributed by atoms with Crippen LogP contribution in [0.4, 0.5) is 4.79 Å². The molecule has 2 aliphatic heterocycles. The van der Waals surface area contributed by atoms with Crippen LogP contribution in [0.15, 0.2) is 24.4 Å². The molecule has 0 saturated carbocycles. The quantitative estimate of drug-likeness (QED) is 0.624. The molecule has 2 aliphatic rings. The molecule has 200 valence electrons. The van der Waals surface area contributed by atoms with Crippen molar-refractivity contribution >= 4 is 28.7 Å². The van der Waals surface area contributed by atoms with Crippen molar-refractivity contribution in [1.29, 1.82) is 0 Å². The maximum atomic E-state index is 13.6. The highest BCUT2D eigenvalue weighted by Gasteiger charge is 2.46. The lowest BCUT2D eigenvalue weighted by molar-refractivity contribution is -0.150. The lowest BCUT2D eigenvalue weighted by atomic mass is 9.85. The summed E-state index contributed by atoms with van der Waals surface area (Å²) in [7, 11) is 1.62. The molecule has 2 aromatic rings. The highest BCUT2D eigenvalue weighted by Crippen LogP contribution is 2.35. The van der Waals surface area contributed by atoms with Crippen molar-refractivity contribution in [1.82, 2.24) is 15.2 Å². The van der Waals surface area contributed by atoms with Gasteiger partial charge in [0.1, 0.15) is 23.9 Å². The number of carbonyl (C=O) groups excluding carboxylic acids is 2. The predicted octanol–water partition coefficient (Wildman–Crippen LogP) is 3.54. The lowest BCUT2D eigenvalue weighted by Crippen LogP contribution is -2.57. The number of nitrogens with one attached hydrogen (secondary N) is 1. The van der Waals surface area contributed by atoms with Crippen LogP contribution in [0.2, 0.25) is 0 Å². The smallest absolute Gasteiger partial charge is 0.407 e. The molecule has 3 atom stereocenters. The number of nitrogens with zero attached hydrogens (tertiary/aromatic N) is 2. The van der Waals surface area contributed by atoms with E-state index in [0.717, 1.165) is 35.6 Å². The van der Waals surface area contributed by atoms with Crippen LogP contribution in [0.5, 0.6) is 11.6 Å². The molecule has 4 bridgehead atoms. The molecule has 2 amide bonds. The van der Waals surface area contributed by atoms with Crippen LogP contribution in [0.1, 0.15) is 52.0 Å². The Kier molecular flexibility index (Phi) is 7.75. The molecule has 3 heterocycles. The summed E-state index contributed by atoms with van der Waals surface area (Å²) < 4.78 is 17.2. The normalized spacial score (nSPS) is 23.6. The van der Waals surface area contributed by atoms with E-state index in [0.29, 0.717) is 18.1 Å². The fourth-order valence-electron chi connectivity index (χ4n) is 4.95. The van der Waals surface area contributed by atoms with E-state index in [2.05, 4.69) is 10.3 Å². The monoisotopic (exact) mass is 513 g/mol. The number of fused-ring (bicyclic) bond motifs is 3. The molecular formula is C27H35N3O7. The van der Waals surface area contributed by atoms with E-state index in [9.17, 15) is 19.5 Å². The lowest BCUT2D eigenvalue weighted by Gasteiger charge is -2.34. The Morgan fingerprint density at radius 2 is 1.97 bits per heavy atom. The molecule has 0 unspecified atom stereocenters. The number of benzene rings is 1. The highest BCUT2D eigenvalue weighted by atomic mass is 16.5. The van der Waals surface area contributed by atoms with Gasteiger partial charge in [0.15, 0.2) is 0 Å². The van der Waals surface area contributed by atoms with E-state index in [1.807, 2.05) is 39.0 Å². The number of aliphatic carboxylic acids is 1. The summed E-state index contributed by atoms with van der Waals surface area (Å²) in [5.41, 5.74) is 0.380. The number of carbonyl (C=O) groups is 3. The number of carboxylic acid groups (broad SMARTS) is 1. The number of aromatic nitrogens is 1. The number of rotatable bonds is 2. The van der Waals surface area contributed by atoms with Gasteiger partial charge < -0.3 is 29.5 Å². The number of pyridine rings is 1. The van der Waals surface area contributed by atoms with Crippen LogP contribution in [-0.4, -0.2) is 71.4 Å². The average molecular weight is 514 g/mol. The summed E-state index contributed by atoms with van der Waals surface area (Å²) in [4.78, 5) is 44.0. The summed E-state index contributed by atoms with van der Waals surface area (Å²) in [6.07, 6.45) is 3.65. The van der Waals surface area contributed by atoms with Crippen molar-refractivity contribution in [3.63, 3.8) is 0 Å². The van der Waals surface area contributed by atoms with E-state index >= 15 is 0 Å². The van der Waals surface area contributed by atoms with Gasteiger partial charge in [-0.2, -0.15) is 0 Å². The molecule has 2 N–H and O–H groups in total. The van der Waals surface area contributed by atoms with Crippen LogP contribution in [0.3, 0.4) is 0 Å². The number of carboxylic acids is 1. The van der Waals surface area contributed by atoms with Gasteiger partial charge in [-0.3, -0.25) is 4.79 Å². The van der Waals surface area contributed by atoms with Gasteiger partial charge in [-0.25, -0.2) is 14.6 Å². The van der Waals surface area contributed by atoms with Gasteiger partial charge in [-0.15, -0.1) is 0 Å². The third-order valence-electron chi connectivity index (χ3n) is 6.91. The molecule has 1 saturated heterocycles. The second kappa shape index (κ2) is 10.8. The van der Waals surface area contributed by atoms with Gasteiger partial charge >= 0.3 is 12.1 Å². The van der Waals surface area contributed by atoms with E-state index in [1.165, 1.54) is 4.90 Å². The maximum absolute atomic E-state index is 13.6. The molecule has 1 aromatic heterocycles. The fraction of sp³-hybridized carbons (Fsp3) is 0.556. The molecule has 37 heavy (non-hydrogen) atoms. The highest BCUT2D eigenvalue weighted by molar-refractivity contribution is 5.93. The number of alkyl carbamates (subject to hydrolysis) is 1. The summed E-state index contributed by atoms with van der Waals surface area (Å²) in [6.45, 7) is 5.71. The van der Waals surface area contributed by atoms with Crippen molar-refractivity contribution < 1.29 is 33.7 Å². The Hall–Kier alpha value is -3.56. The Balaban J connectivity index is 1.73. The van der Waals surface area contributed by atoms with E-state index < -0.39 is 41.6 Å². The molecule has 10 heteroatoms. The Bertz CT molecular complexity index is 1180. The second-order valence-corrected chi connectivity index (χ2v) is 10.7. The standard InChI is InChI=1S/C27H35N3O7/c1-27(2,3)22-24(31)30-15-17(14-20(30)25(32)33)37-23-19-12-16(8-6-5-7-11-36-26(34)29-22)13-21(35-4)18(19)9-10-28-23/h9-10,12-13,17,20,22H,5-8,11,14-15H2,1-4H3,(H,29,34)(H,32,33)/t17-,20+,22-/m1/s1. The fourth-order valence-corrected chi connectivity index (χ4v) is 4.95. The number of aryl methyl sites for hydroxylation is 1. The van der Waals surface area contributed by atoms with Crippen molar-refractivity contribution in [3.05, 3.63) is 30.0 Å². The molecule has 10 nitrogen and oxygen atoms in total. The van der Waals surface area contributed by atoms with E-state index in [4.69, 9.17) is 14.2 Å². The minimum Gasteiger partial charge on any atom is -0.496 e. The van der Waals surface area contributed by atoms with Gasteiger partial charge in [0.25, 0.3) is 0 Å². The van der Waals surface area contributed by atoms with Crippen molar-refractivity contribution in [3.8, 4) is 11.6 Å². The molecule has 1 aromatic carbocycles. The van der Waals surface area contributed by atoms with Crippen LogP contribution in [-0.2, 0) is 20.7 Å². The van der Waals surface area contributed by atoms with Crippen molar-refractivity contribution in [2.45, 2.75) is 71.1 Å². The summed E-state index contributed by atoms with van der Waals surface area (Å²) in [6, 6.07) is 3.81. The number of methoxy groups -OCH3 is 1. The summed E-state index contributed by atoms with van der Waals surface area (Å²) >= 11 is 0. The van der Waals surface area contributed by atoms with Gasteiger partial charge in [0.05, 0.1) is 20.3 Å². The first-order valence-corrected chi connectivity index (χ1v) is 12.7. The third-order valence-corrected chi connectivity index (χ3v) is 6.91. The van der Waals surface area contributed by atoms with Gasteiger partial charge in [0, 0.05) is 23.4 Å². The first-order chi connectivity index (χ1) is 17.6. The minimum atomic E-state index is -1.13. The van der Waals surface area contributed by atoms with Crippen LogP contribution in [0, 0.1) is 5.41 Å². The number of hydrogen-bond acceptors (Lipinski definition) is 7. The Morgan fingerprint density at radius 1 is 1.19 bits per heavy atom. The van der Waals surface area contributed by atoms with Gasteiger partial charge in [-0.05, 0) is 54.9 Å². The SMILES string of the molecule is COc1cc2cc3c(nccc13)O[C@@H]1C[C@@H](C(=O)O)N(C1)C(=O)[C@H](C(C)(C)C)NC(=O)OCCCCC2. The molecule has 0 radical (unpaired) electrons. The molecular weight excluding hydrogens is 478 g/mol. The Morgan fingerprint density at radius 3 is 2.68 bits per heavy atom. The zero-order valence-corrected chi connectivity index (χ0v) is 21.8. The second-order valence-electron chi connectivity index (χ2n) is 10.7. The van der Waals surface area contributed by atoms with Crippen LogP contribution in [0.25, 0.3) is 10.8 Å². The molecule has 4 rings (SSSR count). The van der Waals surface area contributed by atoms with E-state index in [1.54, 1.807) is 13.3 Å². The van der Waals surface area contributed by atoms with E-state index in [-0.39, 0.29) is 19.6 Å². The zero-order valence-electron chi connectivity index (χ0n) is 21.8. The molecule has 0 spiro atoms. The third kappa shape index (κ3) is 5.89. The van der Waals surface area contributed by atoms with Gasteiger partial charge in [-0.1, -0.05) is 20.8 Å². The summed E-state index contributed by atoms with van der Waals surface area (Å²) in [5, 5.41) is 14.2. The maximum Gasteiger partial charge on any atom is 0.407 e. The van der Waals surface area contributed by atoms with Crippen molar-refractivity contribution in [2.24, 2.45) is 5.41 Å². The topological polar surface area (TPSA) is 127 Å². The summed E-state index contributed by atoms with van der Waals surface area (Å²) in [5.74, 6) is -0.542. The number of ether oxygens (including phenoxy) is 3. The molecule has 1 fully saturated rings. The Labute approximate surface area is 216 Å². The largest absolute Gasteiger partial charge is 0.496 e. The predicted molar refractivity (Wildman–Crippen MR) is 136 cm³/mol.